The van der Waals surface area contributed by atoms with Crippen LogP contribution in [0.2, 0.25) is 0 Å². The highest BCUT2D eigenvalue weighted by molar-refractivity contribution is 9.10. The van der Waals surface area contributed by atoms with Crippen LogP contribution in [0.3, 0.4) is 0 Å². The number of nitrogens with one attached hydrogen (secondary N) is 3. The summed E-state index contributed by atoms with van der Waals surface area (Å²) in [7, 11) is 3.99. The van der Waals surface area contributed by atoms with Crippen molar-refractivity contribution < 1.29 is 4.79 Å². The Labute approximate surface area is 190 Å². The summed E-state index contributed by atoms with van der Waals surface area (Å²) in [5.41, 5.74) is 1.71. The maximum absolute atomic E-state index is 12.3. The number of nitrogens with zero attached hydrogens (tertiary/aromatic N) is 3. The van der Waals surface area contributed by atoms with Gasteiger partial charge in [0.15, 0.2) is 0 Å². The quantitative estimate of drug-likeness (QED) is 0.476. The number of fused-ring (bicyclic) bond motifs is 1. The minimum atomic E-state index is -0.160. The zero-order chi connectivity index (χ0) is 21.8. The summed E-state index contributed by atoms with van der Waals surface area (Å²) < 4.78 is 0.984. The Bertz CT molecular complexity index is 1050. The molecule has 0 atom stereocenters. The smallest absolute Gasteiger partial charge is 0.319 e. The number of rotatable bonds is 5. The first kappa shape index (κ1) is 21.4. The van der Waals surface area contributed by atoms with Crippen molar-refractivity contribution in [3.8, 4) is 0 Å². The second-order valence-electron chi connectivity index (χ2n) is 8.08. The molecule has 162 valence electrons. The summed E-state index contributed by atoms with van der Waals surface area (Å²) in [5.74, 6) is 1.57. The molecule has 0 aliphatic heterocycles. The maximum atomic E-state index is 12.3. The molecule has 1 aromatic heterocycles. The first-order valence-corrected chi connectivity index (χ1v) is 11.3. The molecule has 1 heterocycles. The van der Waals surface area contributed by atoms with Gasteiger partial charge in [-0.2, -0.15) is 4.98 Å². The van der Waals surface area contributed by atoms with E-state index in [1.165, 1.54) is 0 Å². The Morgan fingerprint density at radius 2 is 1.65 bits per heavy atom. The van der Waals surface area contributed by atoms with Gasteiger partial charge in [-0.05, 0) is 62.1 Å². The minimum Gasteiger partial charge on any atom is -0.362 e. The van der Waals surface area contributed by atoms with Crippen molar-refractivity contribution in [3.05, 3.63) is 53.0 Å². The fourth-order valence-corrected chi connectivity index (χ4v) is 4.18. The number of carbonyl (C=O) groups excluding carboxylic acids is 1. The number of hydrogen-bond acceptors (Lipinski definition) is 5. The number of amides is 2. The van der Waals surface area contributed by atoms with Crippen LogP contribution >= 0.6 is 15.9 Å². The highest BCUT2D eigenvalue weighted by Crippen LogP contribution is 2.26. The van der Waals surface area contributed by atoms with Crippen LogP contribution in [0.1, 0.15) is 25.7 Å². The van der Waals surface area contributed by atoms with Crippen LogP contribution < -0.4 is 20.9 Å². The summed E-state index contributed by atoms with van der Waals surface area (Å²) in [6.07, 6.45) is 3.74. The van der Waals surface area contributed by atoms with E-state index in [-0.39, 0.29) is 12.1 Å². The van der Waals surface area contributed by atoms with Crippen molar-refractivity contribution in [3.63, 3.8) is 0 Å². The third kappa shape index (κ3) is 5.44. The fraction of sp³-hybridized carbons (Fsp3) is 0.348. The molecule has 0 unspecified atom stereocenters. The van der Waals surface area contributed by atoms with Crippen molar-refractivity contribution in [2.45, 2.75) is 37.8 Å². The van der Waals surface area contributed by atoms with Gasteiger partial charge in [0.05, 0.1) is 5.52 Å². The SMILES string of the molecule is CN(C)c1nc(N[C@H]2CC[C@@H](NC(=O)Nc3ccc(Br)cc3)CC2)nc2ccccc12. The number of anilines is 3. The zero-order valence-corrected chi connectivity index (χ0v) is 19.3. The first-order chi connectivity index (χ1) is 15.0. The van der Waals surface area contributed by atoms with E-state index >= 15 is 0 Å². The molecule has 8 heteroatoms. The lowest BCUT2D eigenvalue weighted by molar-refractivity contribution is 0.243. The number of aromatic nitrogens is 2. The minimum absolute atomic E-state index is 0.160. The van der Waals surface area contributed by atoms with Gasteiger partial charge in [0.25, 0.3) is 0 Å². The monoisotopic (exact) mass is 482 g/mol. The van der Waals surface area contributed by atoms with Crippen molar-refractivity contribution in [2.24, 2.45) is 0 Å². The molecule has 0 radical (unpaired) electrons. The van der Waals surface area contributed by atoms with Gasteiger partial charge in [-0.1, -0.05) is 28.1 Å². The Morgan fingerprint density at radius 1 is 0.968 bits per heavy atom. The Morgan fingerprint density at radius 3 is 2.35 bits per heavy atom. The predicted molar refractivity (Wildman–Crippen MR) is 130 cm³/mol. The molecule has 1 saturated carbocycles. The van der Waals surface area contributed by atoms with E-state index in [9.17, 15) is 4.79 Å². The molecule has 1 aliphatic carbocycles. The molecule has 2 aromatic carbocycles. The predicted octanol–water partition coefficient (Wildman–Crippen LogP) is 5.00. The van der Waals surface area contributed by atoms with E-state index in [2.05, 4.69) is 31.9 Å². The second kappa shape index (κ2) is 9.51. The van der Waals surface area contributed by atoms with E-state index in [0.29, 0.717) is 12.0 Å². The molecule has 2 amide bonds. The van der Waals surface area contributed by atoms with E-state index in [1.807, 2.05) is 67.5 Å². The number of benzene rings is 2. The molecule has 1 aliphatic rings. The van der Waals surface area contributed by atoms with E-state index < -0.39 is 0 Å². The summed E-state index contributed by atoms with van der Waals surface area (Å²) >= 11 is 3.40. The summed E-state index contributed by atoms with van der Waals surface area (Å²) in [6.45, 7) is 0. The van der Waals surface area contributed by atoms with Crippen LogP contribution in [0.4, 0.5) is 22.2 Å². The van der Waals surface area contributed by atoms with Crippen molar-refractivity contribution in [1.29, 1.82) is 0 Å². The number of carbonyl (C=O) groups is 1. The molecule has 31 heavy (non-hydrogen) atoms. The van der Waals surface area contributed by atoms with Crippen LogP contribution in [0.25, 0.3) is 10.9 Å². The zero-order valence-electron chi connectivity index (χ0n) is 17.7. The van der Waals surface area contributed by atoms with Gasteiger partial charge in [-0.15, -0.1) is 0 Å². The molecule has 0 spiro atoms. The highest BCUT2D eigenvalue weighted by Gasteiger charge is 2.23. The van der Waals surface area contributed by atoms with Gasteiger partial charge in [-0.25, -0.2) is 9.78 Å². The van der Waals surface area contributed by atoms with Gasteiger partial charge >= 0.3 is 6.03 Å². The van der Waals surface area contributed by atoms with E-state index in [4.69, 9.17) is 9.97 Å². The lowest BCUT2D eigenvalue weighted by atomic mass is 9.91. The molecule has 0 saturated heterocycles. The first-order valence-electron chi connectivity index (χ1n) is 10.5. The Kier molecular flexibility index (Phi) is 6.56. The van der Waals surface area contributed by atoms with Gasteiger partial charge in [0.2, 0.25) is 5.95 Å². The molecule has 0 bridgehead atoms. The lowest BCUT2D eigenvalue weighted by Crippen LogP contribution is -2.42. The van der Waals surface area contributed by atoms with E-state index in [1.54, 1.807) is 0 Å². The van der Waals surface area contributed by atoms with Gasteiger partial charge in [0, 0.05) is 41.7 Å². The molecule has 3 N–H and O–H groups in total. The standard InChI is InChI=1S/C23H27BrN6O/c1-30(2)21-19-5-3-4-6-20(19)28-22(29-21)25-16-11-13-18(14-12-16)27-23(31)26-17-9-7-15(24)8-10-17/h3-10,16,18H,11-14H2,1-2H3,(H,25,28,29)(H2,26,27,31)/t16-,18+. The number of urea groups is 1. The van der Waals surface area contributed by atoms with Gasteiger partial charge in [0.1, 0.15) is 5.82 Å². The third-order valence-corrected chi connectivity index (χ3v) is 6.03. The fourth-order valence-electron chi connectivity index (χ4n) is 3.92. The normalized spacial score (nSPS) is 18.4. The van der Waals surface area contributed by atoms with Gasteiger partial charge < -0.3 is 20.9 Å². The van der Waals surface area contributed by atoms with E-state index in [0.717, 1.165) is 52.6 Å². The van der Waals surface area contributed by atoms with Crippen molar-refractivity contribution >= 4 is 50.3 Å². The third-order valence-electron chi connectivity index (χ3n) is 5.50. The largest absolute Gasteiger partial charge is 0.362 e. The average Bonchev–Trinajstić information content (AvgIpc) is 2.76. The topological polar surface area (TPSA) is 82.2 Å². The van der Waals surface area contributed by atoms with Crippen LogP contribution in [0.15, 0.2) is 53.0 Å². The van der Waals surface area contributed by atoms with Crippen LogP contribution in [-0.4, -0.2) is 42.2 Å². The molecule has 3 aromatic rings. The molecule has 4 rings (SSSR count). The summed E-state index contributed by atoms with van der Waals surface area (Å²) in [6, 6.07) is 15.9. The van der Waals surface area contributed by atoms with Crippen LogP contribution in [-0.2, 0) is 0 Å². The maximum Gasteiger partial charge on any atom is 0.319 e. The average molecular weight is 483 g/mol. The summed E-state index contributed by atoms with van der Waals surface area (Å²) in [5, 5.41) is 10.5. The number of hydrogen-bond donors (Lipinski definition) is 3. The second-order valence-corrected chi connectivity index (χ2v) is 9.00. The number of para-hydroxylation sites is 1. The molecular weight excluding hydrogens is 456 g/mol. The molecule has 7 nitrogen and oxygen atoms in total. The lowest BCUT2D eigenvalue weighted by Gasteiger charge is -2.30. The van der Waals surface area contributed by atoms with Gasteiger partial charge in [-0.3, -0.25) is 0 Å². The Balaban J connectivity index is 1.32. The highest BCUT2D eigenvalue weighted by atomic mass is 79.9. The molecular formula is C23H27BrN6O. The van der Waals surface area contributed by atoms with Crippen molar-refractivity contribution in [2.75, 3.05) is 29.6 Å². The Hall–Kier alpha value is -2.87. The summed E-state index contributed by atoms with van der Waals surface area (Å²) in [4.78, 5) is 23.7. The van der Waals surface area contributed by atoms with Crippen LogP contribution in [0, 0.1) is 0 Å². The number of halogens is 1. The molecule has 1 fully saturated rings. The van der Waals surface area contributed by atoms with Crippen LogP contribution in [0.5, 0.6) is 0 Å². The van der Waals surface area contributed by atoms with Crippen molar-refractivity contribution in [1.82, 2.24) is 15.3 Å².